The van der Waals surface area contributed by atoms with Crippen LogP contribution in [0.2, 0.25) is 0 Å². The number of aromatic nitrogens is 3. The van der Waals surface area contributed by atoms with Gasteiger partial charge < -0.3 is 10.6 Å². The standard InChI is InChI=1S/C13H14N4O/c1-2-18-8-12-16-11-7-15-10-6-4-3-5-9(10)13(11)17(12)14/h3-7H,2,8,14H2,1H3. The number of ether oxygens (including phenoxy) is 1. The summed E-state index contributed by atoms with van der Waals surface area (Å²) >= 11 is 0. The summed E-state index contributed by atoms with van der Waals surface area (Å²) in [5, 5.41) is 1.01. The Morgan fingerprint density at radius 1 is 1.28 bits per heavy atom. The van der Waals surface area contributed by atoms with E-state index >= 15 is 0 Å². The minimum Gasteiger partial charge on any atom is -0.374 e. The maximum Gasteiger partial charge on any atom is 0.154 e. The van der Waals surface area contributed by atoms with Crippen LogP contribution in [0.1, 0.15) is 12.7 Å². The molecule has 2 aromatic heterocycles. The average molecular weight is 242 g/mol. The summed E-state index contributed by atoms with van der Waals surface area (Å²) < 4.78 is 6.95. The number of imidazole rings is 1. The monoisotopic (exact) mass is 242 g/mol. The molecule has 2 heterocycles. The summed E-state index contributed by atoms with van der Waals surface area (Å²) in [5.74, 6) is 6.81. The molecule has 0 saturated carbocycles. The lowest BCUT2D eigenvalue weighted by atomic mass is 10.2. The lowest BCUT2D eigenvalue weighted by Gasteiger charge is -2.03. The molecule has 0 amide bonds. The fourth-order valence-corrected chi connectivity index (χ4v) is 2.07. The lowest BCUT2D eigenvalue weighted by molar-refractivity contribution is 0.127. The fraction of sp³-hybridized carbons (Fsp3) is 0.231. The molecular formula is C13H14N4O. The van der Waals surface area contributed by atoms with E-state index in [1.54, 1.807) is 10.9 Å². The third-order valence-electron chi connectivity index (χ3n) is 2.93. The first kappa shape index (κ1) is 11.0. The van der Waals surface area contributed by atoms with Gasteiger partial charge in [0.1, 0.15) is 17.6 Å². The highest BCUT2D eigenvalue weighted by Crippen LogP contribution is 2.22. The molecule has 3 aromatic rings. The number of nitrogens with two attached hydrogens (primary N) is 1. The Labute approximate surface area is 104 Å². The number of nitrogens with zero attached hydrogens (tertiary/aromatic N) is 3. The second-order valence-electron chi connectivity index (χ2n) is 4.04. The van der Waals surface area contributed by atoms with Gasteiger partial charge in [0, 0.05) is 12.0 Å². The van der Waals surface area contributed by atoms with Crippen molar-refractivity contribution in [3.05, 3.63) is 36.3 Å². The molecule has 0 spiro atoms. The van der Waals surface area contributed by atoms with E-state index < -0.39 is 0 Å². The average Bonchev–Trinajstić information content (AvgIpc) is 2.73. The number of pyridine rings is 1. The molecule has 0 atom stereocenters. The van der Waals surface area contributed by atoms with Crippen molar-refractivity contribution in [3.8, 4) is 0 Å². The van der Waals surface area contributed by atoms with Gasteiger partial charge in [0.25, 0.3) is 0 Å². The van der Waals surface area contributed by atoms with Crippen LogP contribution in [0.15, 0.2) is 30.5 Å². The van der Waals surface area contributed by atoms with Gasteiger partial charge in [-0.2, -0.15) is 0 Å². The van der Waals surface area contributed by atoms with E-state index in [1.807, 2.05) is 31.2 Å². The molecule has 0 aliphatic heterocycles. The van der Waals surface area contributed by atoms with Crippen molar-refractivity contribution in [1.82, 2.24) is 14.6 Å². The molecule has 5 nitrogen and oxygen atoms in total. The van der Waals surface area contributed by atoms with Gasteiger partial charge in [0.05, 0.1) is 11.7 Å². The molecule has 1 aromatic carbocycles. The summed E-state index contributed by atoms with van der Waals surface area (Å²) in [5.41, 5.74) is 2.61. The highest BCUT2D eigenvalue weighted by atomic mass is 16.5. The van der Waals surface area contributed by atoms with Crippen molar-refractivity contribution in [2.24, 2.45) is 0 Å². The summed E-state index contributed by atoms with van der Waals surface area (Å²) in [6.07, 6.45) is 1.75. The second kappa shape index (κ2) is 4.27. The van der Waals surface area contributed by atoms with Gasteiger partial charge in [0.15, 0.2) is 5.82 Å². The molecule has 0 unspecified atom stereocenters. The molecule has 5 heteroatoms. The Bertz CT molecular complexity index is 705. The molecule has 92 valence electrons. The van der Waals surface area contributed by atoms with Crippen molar-refractivity contribution in [3.63, 3.8) is 0 Å². The normalized spacial score (nSPS) is 11.4. The number of fused-ring (bicyclic) bond motifs is 3. The third-order valence-corrected chi connectivity index (χ3v) is 2.93. The van der Waals surface area contributed by atoms with Gasteiger partial charge in [-0.05, 0) is 13.0 Å². The van der Waals surface area contributed by atoms with Crippen LogP contribution in [0.5, 0.6) is 0 Å². The molecule has 0 aliphatic carbocycles. The Morgan fingerprint density at radius 3 is 2.94 bits per heavy atom. The SMILES string of the molecule is CCOCc1nc2cnc3ccccc3c2n1N. The first-order chi connectivity index (χ1) is 8.81. The Morgan fingerprint density at radius 2 is 2.11 bits per heavy atom. The molecule has 18 heavy (non-hydrogen) atoms. The minimum absolute atomic E-state index is 0.413. The number of rotatable bonds is 3. The van der Waals surface area contributed by atoms with Gasteiger partial charge in [0.2, 0.25) is 0 Å². The van der Waals surface area contributed by atoms with Gasteiger partial charge in [-0.3, -0.25) is 4.98 Å². The molecule has 0 aliphatic rings. The maximum absolute atomic E-state index is 6.09. The number of hydrogen-bond acceptors (Lipinski definition) is 4. The smallest absolute Gasteiger partial charge is 0.154 e. The van der Waals surface area contributed by atoms with E-state index in [4.69, 9.17) is 10.6 Å². The van der Waals surface area contributed by atoms with E-state index in [-0.39, 0.29) is 0 Å². The van der Waals surface area contributed by atoms with Crippen LogP contribution in [-0.2, 0) is 11.3 Å². The number of nitrogen functional groups attached to an aromatic ring is 1. The third kappa shape index (κ3) is 1.60. The van der Waals surface area contributed by atoms with Gasteiger partial charge in [-0.1, -0.05) is 18.2 Å². The predicted octanol–water partition coefficient (Wildman–Crippen LogP) is 1.83. The minimum atomic E-state index is 0.413. The number of hydrogen-bond donors (Lipinski definition) is 1. The zero-order valence-electron chi connectivity index (χ0n) is 10.1. The Hall–Kier alpha value is -2.14. The van der Waals surface area contributed by atoms with E-state index in [0.717, 1.165) is 21.9 Å². The first-order valence-electron chi connectivity index (χ1n) is 5.89. The Balaban J connectivity index is 2.26. The van der Waals surface area contributed by atoms with Gasteiger partial charge in [-0.15, -0.1) is 0 Å². The van der Waals surface area contributed by atoms with Crippen LogP contribution in [0, 0.1) is 0 Å². The Kier molecular flexibility index (Phi) is 2.60. The number of benzene rings is 1. The summed E-state index contributed by atoms with van der Waals surface area (Å²) in [6, 6.07) is 7.89. The summed E-state index contributed by atoms with van der Waals surface area (Å²) in [6.45, 7) is 3.00. The van der Waals surface area contributed by atoms with Crippen LogP contribution in [0.3, 0.4) is 0 Å². The molecular weight excluding hydrogens is 228 g/mol. The zero-order chi connectivity index (χ0) is 12.5. The quantitative estimate of drug-likeness (QED) is 0.712. The van der Waals surface area contributed by atoms with Gasteiger partial charge >= 0.3 is 0 Å². The van der Waals surface area contributed by atoms with Crippen molar-refractivity contribution < 1.29 is 4.74 Å². The predicted molar refractivity (Wildman–Crippen MR) is 70.5 cm³/mol. The molecule has 2 N–H and O–H groups in total. The summed E-state index contributed by atoms with van der Waals surface area (Å²) in [7, 11) is 0. The van der Waals surface area contributed by atoms with E-state index in [2.05, 4.69) is 9.97 Å². The van der Waals surface area contributed by atoms with Crippen LogP contribution >= 0.6 is 0 Å². The maximum atomic E-state index is 6.09. The molecule has 0 fully saturated rings. The highest BCUT2D eigenvalue weighted by molar-refractivity contribution is 6.02. The van der Waals surface area contributed by atoms with Crippen LogP contribution in [-0.4, -0.2) is 21.3 Å². The van der Waals surface area contributed by atoms with E-state index in [1.165, 1.54) is 0 Å². The topological polar surface area (TPSA) is 66.0 Å². The van der Waals surface area contributed by atoms with Crippen molar-refractivity contribution in [1.29, 1.82) is 0 Å². The van der Waals surface area contributed by atoms with Crippen LogP contribution < -0.4 is 5.84 Å². The zero-order valence-corrected chi connectivity index (χ0v) is 10.1. The van der Waals surface area contributed by atoms with E-state index in [0.29, 0.717) is 19.0 Å². The second-order valence-corrected chi connectivity index (χ2v) is 4.04. The van der Waals surface area contributed by atoms with Crippen molar-refractivity contribution >= 4 is 21.9 Å². The largest absolute Gasteiger partial charge is 0.374 e. The fourth-order valence-electron chi connectivity index (χ4n) is 2.07. The highest BCUT2D eigenvalue weighted by Gasteiger charge is 2.11. The molecule has 0 saturated heterocycles. The first-order valence-corrected chi connectivity index (χ1v) is 5.89. The van der Waals surface area contributed by atoms with Crippen molar-refractivity contribution in [2.75, 3.05) is 12.4 Å². The summed E-state index contributed by atoms with van der Waals surface area (Å²) in [4.78, 5) is 8.82. The van der Waals surface area contributed by atoms with Crippen LogP contribution in [0.25, 0.3) is 21.9 Å². The molecule has 3 rings (SSSR count). The lowest BCUT2D eigenvalue weighted by Crippen LogP contribution is -2.13. The van der Waals surface area contributed by atoms with Gasteiger partial charge in [-0.25, -0.2) is 9.66 Å². The van der Waals surface area contributed by atoms with Crippen LogP contribution in [0.4, 0.5) is 0 Å². The van der Waals surface area contributed by atoms with Crippen molar-refractivity contribution in [2.45, 2.75) is 13.5 Å². The molecule has 0 radical (unpaired) electrons. The molecule has 0 bridgehead atoms. The van der Waals surface area contributed by atoms with E-state index in [9.17, 15) is 0 Å². The number of para-hydroxylation sites is 1.